The summed E-state index contributed by atoms with van der Waals surface area (Å²) in [4.78, 5) is 36.2. The minimum Gasteiger partial charge on any atom is -0.490 e. The molecule has 0 aliphatic heterocycles. The lowest BCUT2D eigenvalue weighted by molar-refractivity contribution is -0.385. The normalized spacial score (nSPS) is 9.81. The summed E-state index contributed by atoms with van der Waals surface area (Å²) in [6.07, 6.45) is 5.32. The number of carbonyl (C=O) groups excluding carboxylic acids is 2. The number of hydrogen-bond acceptors (Lipinski definition) is 5. The van der Waals surface area contributed by atoms with Gasteiger partial charge >= 0.3 is 5.69 Å². The van der Waals surface area contributed by atoms with Gasteiger partial charge in [-0.2, -0.15) is 0 Å². The number of likely N-dealkylation sites (N-methyl/N-ethyl adjacent to an activating group) is 1. The molecule has 0 heterocycles. The zero-order chi connectivity index (χ0) is 20.0. The molecule has 0 saturated heterocycles. The van der Waals surface area contributed by atoms with Crippen LogP contribution < -0.4 is 10.1 Å². The number of methoxy groups -OCH3 is 1. The third-order valence-electron chi connectivity index (χ3n) is 3.66. The molecule has 0 atom stereocenters. The highest BCUT2D eigenvalue weighted by Gasteiger charge is 2.21. The molecule has 8 nitrogen and oxygen atoms in total. The topological polar surface area (TPSA) is 102 Å². The number of nitrogens with zero attached hydrogens (tertiary/aromatic N) is 2. The predicted octanol–water partition coefficient (Wildman–Crippen LogP) is 2.30. The molecule has 0 bridgehead atoms. The maximum absolute atomic E-state index is 12.5. The van der Waals surface area contributed by atoms with Crippen LogP contribution in [0.3, 0.4) is 0 Å². The van der Waals surface area contributed by atoms with E-state index in [4.69, 9.17) is 11.2 Å². The first-order valence-electron chi connectivity index (χ1n) is 7.80. The summed E-state index contributed by atoms with van der Waals surface area (Å²) in [6, 6.07) is 10.6. The van der Waals surface area contributed by atoms with Crippen LogP contribution in [0, 0.1) is 22.5 Å². The highest BCUT2D eigenvalue weighted by atomic mass is 16.6. The fraction of sp³-hybridized carbons (Fsp3) is 0.158. The Hall–Kier alpha value is -3.86. The third kappa shape index (κ3) is 4.83. The maximum Gasteiger partial charge on any atom is 0.311 e. The number of hydrogen-bond donors (Lipinski definition) is 1. The van der Waals surface area contributed by atoms with Gasteiger partial charge in [-0.25, -0.2) is 0 Å². The molecule has 0 unspecified atom stereocenters. The molecule has 0 saturated carbocycles. The van der Waals surface area contributed by atoms with E-state index >= 15 is 0 Å². The van der Waals surface area contributed by atoms with E-state index in [9.17, 15) is 19.7 Å². The molecular formula is C19H17N3O5. The van der Waals surface area contributed by atoms with Crippen LogP contribution in [0.2, 0.25) is 0 Å². The van der Waals surface area contributed by atoms with Crippen molar-refractivity contribution in [2.24, 2.45) is 0 Å². The summed E-state index contributed by atoms with van der Waals surface area (Å²) in [5, 5.41) is 13.7. The van der Waals surface area contributed by atoms with Crippen LogP contribution in [0.15, 0.2) is 42.5 Å². The largest absolute Gasteiger partial charge is 0.490 e. The average molecular weight is 367 g/mol. The Morgan fingerprint density at radius 3 is 2.67 bits per heavy atom. The lowest BCUT2D eigenvalue weighted by Gasteiger charge is -2.17. The van der Waals surface area contributed by atoms with Crippen molar-refractivity contribution < 1.29 is 19.2 Å². The van der Waals surface area contributed by atoms with Gasteiger partial charge in [-0.3, -0.25) is 19.7 Å². The summed E-state index contributed by atoms with van der Waals surface area (Å²) in [6.45, 7) is -0.237. The molecule has 1 N–H and O–H groups in total. The zero-order valence-electron chi connectivity index (χ0n) is 14.8. The number of benzene rings is 2. The number of anilines is 1. The number of amides is 2. The molecule has 0 spiro atoms. The summed E-state index contributed by atoms with van der Waals surface area (Å²) in [5.41, 5.74) is 0.874. The first-order chi connectivity index (χ1) is 12.8. The van der Waals surface area contributed by atoms with Crippen molar-refractivity contribution in [3.8, 4) is 18.1 Å². The smallest absolute Gasteiger partial charge is 0.311 e. The standard InChI is InChI=1S/C19H17N3O5/c1-4-13-6-5-7-15(10-13)20-18(23)12-21(2)19(24)14-8-9-17(27-3)16(11-14)22(25)26/h1,5-11H,12H2,2-3H3,(H,20,23). The van der Waals surface area contributed by atoms with Gasteiger partial charge in [0.25, 0.3) is 5.91 Å². The Labute approximate surface area is 155 Å². The van der Waals surface area contributed by atoms with Crippen molar-refractivity contribution in [1.29, 1.82) is 0 Å². The second-order valence-electron chi connectivity index (χ2n) is 5.58. The Morgan fingerprint density at radius 1 is 1.30 bits per heavy atom. The molecule has 27 heavy (non-hydrogen) atoms. The molecule has 2 rings (SSSR count). The zero-order valence-corrected chi connectivity index (χ0v) is 14.8. The fourth-order valence-corrected chi connectivity index (χ4v) is 2.36. The van der Waals surface area contributed by atoms with E-state index < -0.39 is 16.7 Å². The van der Waals surface area contributed by atoms with Crippen LogP contribution in [0.5, 0.6) is 5.75 Å². The van der Waals surface area contributed by atoms with Gasteiger partial charge in [-0.1, -0.05) is 12.0 Å². The van der Waals surface area contributed by atoms with E-state index in [2.05, 4.69) is 11.2 Å². The van der Waals surface area contributed by atoms with Crippen LogP contribution in [0.25, 0.3) is 0 Å². The van der Waals surface area contributed by atoms with Crippen molar-refractivity contribution in [3.05, 3.63) is 63.7 Å². The molecule has 8 heteroatoms. The maximum atomic E-state index is 12.5. The molecular weight excluding hydrogens is 350 g/mol. The lowest BCUT2D eigenvalue weighted by atomic mass is 10.1. The second kappa shape index (κ2) is 8.49. The Kier molecular flexibility index (Phi) is 6.12. The molecule has 138 valence electrons. The summed E-state index contributed by atoms with van der Waals surface area (Å²) >= 11 is 0. The number of carbonyl (C=O) groups is 2. The van der Waals surface area contributed by atoms with E-state index in [1.54, 1.807) is 24.3 Å². The Morgan fingerprint density at radius 2 is 2.04 bits per heavy atom. The number of terminal acetylenes is 1. The molecule has 2 aromatic carbocycles. The highest BCUT2D eigenvalue weighted by molar-refractivity contribution is 5.99. The van der Waals surface area contributed by atoms with Crippen LogP contribution in [-0.2, 0) is 4.79 Å². The number of nitro benzene ring substituents is 1. The molecule has 2 aromatic rings. The van der Waals surface area contributed by atoms with Gasteiger partial charge in [0.2, 0.25) is 5.91 Å². The van der Waals surface area contributed by atoms with Gasteiger partial charge in [0.15, 0.2) is 5.75 Å². The van der Waals surface area contributed by atoms with E-state index in [1.165, 1.54) is 26.3 Å². The second-order valence-corrected chi connectivity index (χ2v) is 5.58. The predicted molar refractivity (Wildman–Crippen MR) is 99.6 cm³/mol. The summed E-state index contributed by atoms with van der Waals surface area (Å²) in [7, 11) is 2.73. The minimum atomic E-state index is -0.638. The summed E-state index contributed by atoms with van der Waals surface area (Å²) < 4.78 is 4.91. The van der Waals surface area contributed by atoms with Crippen LogP contribution in [-0.4, -0.2) is 42.3 Å². The van der Waals surface area contributed by atoms with Gasteiger partial charge in [0, 0.05) is 29.9 Å². The number of nitro groups is 1. The van der Waals surface area contributed by atoms with E-state index in [-0.39, 0.29) is 23.5 Å². The monoisotopic (exact) mass is 367 g/mol. The quantitative estimate of drug-likeness (QED) is 0.479. The number of rotatable bonds is 6. The van der Waals surface area contributed by atoms with Gasteiger partial charge in [0.1, 0.15) is 0 Å². The van der Waals surface area contributed by atoms with E-state index in [0.29, 0.717) is 11.3 Å². The van der Waals surface area contributed by atoms with Crippen molar-refractivity contribution >= 4 is 23.2 Å². The van der Waals surface area contributed by atoms with Crippen LogP contribution >= 0.6 is 0 Å². The first-order valence-corrected chi connectivity index (χ1v) is 7.80. The Balaban J connectivity index is 2.08. The van der Waals surface area contributed by atoms with E-state index in [1.807, 2.05) is 0 Å². The third-order valence-corrected chi connectivity index (χ3v) is 3.66. The van der Waals surface area contributed by atoms with Crippen molar-refractivity contribution in [1.82, 2.24) is 4.90 Å². The molecule has 0 aliphatic rings. The van der Waals surface area contributed by atoms with E-state index in [0.717, 1.165) is 11.0 Å². The lowest BCUT2D eigenvalue weighted by Crippen LogP contribution is -2.35. The number of ether oxygens (including phenoxy) is 1. The van der Waals surface area contributed by atoms with Crippen molar-refractivity contribution in [2.75, 3.05) is 26.0 Å². The SMILES string of the molecule is C#Cc1cccc(NC(=O)CN(C)C(=O)c2ccc(OC)c([N+](=O)[O-])c2)c1. The van der Waals surface area contributed by atoms with Gasteiger partial charge < -0.3 is 15.0 Å². The molecule has 0 aromatic heterocycles. The summed E-state index contributed by atoms with van der Waals surface area (Å²) in [5.74, 6) is 1.55. The van der Waals surface area contributed by atoms with Gasteiger partial charge in [-0.15, -0.1) is 6.42 Å². The molecule has 2 amide bonds. The Bertz CT molecular complexity index is 933. The van der Waals surface area contributed by atoms with Gasteiger partial charge in [-0.05, 0) is 30.3 Å². The highest BCUT2D eigenvalue weighted by Crippen LogP contribution is 2.27. The minimum absolute atomic E-state index is 0.0466. The first kappa shape index (κ1) is 19.5. The molecule has 0 fully saturated rings. The fourth-order valence-electron chi connectivity index (χ4n) is 2.36. The average Bonchev–Trinajstić information content (AvgIpc) is 2.66. The number of nitrogens with one attached hydrogen (secondary N) is 1. The van der Waals surface area contributed by atoms with Crippen molar-refractivity contribution in [2.45, 2.75) is 0 Å². The van der Waals surface area contributed by atoms with Gasteiger partial charge in [0.05, 0.1) is 18.6 Å². The molecule has 0 aliphatic carbocycles. The molecule has 0 radical (unpaired) electrons. The van der Waals surface area contributed by atoms with Crippen molar-refractivity contribution in [3.63, 3.8) is 0 Å². The van der Waals surface area contributed by atoms with Crippen LogP contribution in [0.4, 0.5) is 11.4 Å². The van der Waals surface area contributed by atoms with Crippen LogP contribution in [0.1, 0.15) is 15.9 Å².